The summed E-state index contributed by atoms with van der Waals surface area (Å²) in [5.74, 6) is -1.56. The Hall–Kier alpha value is -1.36. The normalized spacial score (nSPS) is 15.7. The number of rotatable bonds is 6. The van der Waals surface area contributed by atoms with Gasteiger partial charge in [0.1, 0.15) is 5.54 Å². The highest BCUT2D eigenvalue weighted by atomic mass is 32.1. The molecular weight excluding hydrogens is 250 g/mol. The lowest BCUT2D eigenvalue weighted by atomic mass is 9.94. The molecule has 0 radical (unpaired) electrons. The fourth-order valence-electron chi connectivity index (χ4n) is 1.78. The third-order valence-electron chi connectivity index (χ3n) is 3.06. The summed E-state index contributed by atoms with van der Waals surface area (Å²) in [6.45, 7) is 5.23. The summed E-state index contributed by atoms with van der Waals surface area (Å²) >= 11 is 1.52. The molecular formula is C13H19NO3S. The molecule has 0 fully saturated rings. The smallest absolute Gasteiger partial charge is 0.329 e. The van der Waals surface area contributed by atoms with Gasteiger partial charge < -0.3 is 10.4 Å². The van der Waals surface area contributed by atoms with Gasteiger partial charge >= 0.3 is 5.97 Å². The van der Waals surface area contributed by atoms with Gasteiger partial charge in [-0.1, -0.05) is 13.3 Å². The highest BCUT2D eigenvalue weighted by Crippen LogP contribution is 2.20. The Labute approximate surface area is 111 Å². The average Bonchev–Trinajstić information content (AvgIpc) is 2.81. The van der Waals surface area contributed by atoms with Crippen LogP contribution in [0.3, 0.4) is 0 Å². The second-order valence-corrected chi connectivity index (χ2v) is 5.43. The van der Waals surface area contributed by atoms with Crippen LogP contribution < -0.4 is 5.32 Å². The molecule has 1 rings (SSSR count). The van der Waals surface area contributed by atoms with E-state index in [0.29, 0.717) is 12.8 Å². The van der Waals surface area contributed by atoms with Crippen molar-refractivity contribution in [3.8, 4) is 0 Å². The van der Waals surface area contributed by atoms with Gasteiger partial charge in [-0.05, 0) is 42.7 Å². The number of thiophene rings is 1. The first-order chi connectivity index (χ1) is 8.40. The summed E-state index contributed by atoms with van der Waals surface area (Å²) in [6, 6.07) is 1.88. The monoisotopic (exact) mass is 269 g/mol. The molecule has 0 aliphatic rings. The van der Waals surface area contributed by atoms with Gasteiger partial charge in [-0.15, -0.1) is 0 Å². The van der Waals surface area contributed by atoms with Crippen LogP contribution in [0, 0.1) is 0 Å². The highest BCUT2D eigenvalue weighted by Gasteiger charge is 2.35. The van der Waals surface area contributed by atoms with Crippen LogP contribution in [0.2, 0.25) is 0 Å². The molecule has 5 heteroatoms. The van der Waals surface area contributed by atoms with Crippen LogP contribution in [0.1, 0.15) is 45.1 Å². The number of hydrogen-bond donors (Lipinski definition) is 2. The molecule has 2 atom stereocenters. The van der Waals surface area contributed by atoms with E-state index in [1.54, 1.807) is 13.8 Å². The molecule has 0 aromatic carbocycles. The van der Waals surface area contributed by atoms with Crippen LogP contribution in [-0.4, -0.2) is 22.5 Å². The maximum Gasteiger partial charge on any atom is 0.329 e. The van der Waals surface area contributed by atoms with Crippen LogP contribution in [0.15, 0.2) is 16.8 Å². The maximum atomic E-state index is 12.1. The minimum absolute atomic E-state index is 0.244. The molecule has 18 heavy (non-hydrogen) atoms. The number of carbonyl (C=O) groups is 2. The second kappa shape index (κ2) is 6.00. The van der Waals surface area contributed by atoms with Crippen LogP contribution in [0.4, 0.5) is 0 Å². The minimum Gasteiger partial charge on any atom is -0.480 e. The molecule has 0 spiro atoms. The largest absolute Gasteiger partial charge is 0.480 e. The highest BCUT2D eigenvalue weighted by molar-refractivity contribution is 7.08. The van der Waals surface area contributed by atoms with Gasteiger partial charge in [-0.25, -0.2) is 4.79 Å². The van der Waals surface area contributed by atoms with Crippen LogP contribution in [0.25, 0.3) is 0 Å². The number of carbonyl (C=O) groups excluding carboxylic acids is 1. The number of aliphatic carboxylic acids is 1. The van der Waals surface area contributed by atoms with Crippen molar-refractivity contribution in [2.45, 2.75) is 45.1 Å². The van der Waals surface area contributed by atoms with Gasteiger partial charge in [-0.2, -0.15) is 11.3 Å². The Bertz CT molecular complexity index is 416. The van der Waals surface area contributed by atoms with Gasteiger partial charge in [0.25, 0.3) is 0 Å². The molecule has 1 aromatic heterocycles. The third-order valence-corrected chi connectivity index (χ3v) is 3.76. The molecule has 100 valence electrons. The molecule has 4 nitrogen and oxygen atoms in total. The zero-order chi connectivity index (χ0) is 13.8. The van der Waals surface area contributed by atoms with Crippen molar-refractivity contribution in [1.29, 1.82) is 0 Å². The van der Waals surface area contributed by atoms with Crippen molar-refractivity contribution in [2.75, 3.05) is 0 Å². The van der Waals surface area contributed by atoms with Gasteiger partial charge in [0.2, 0.25) is 5.91 Å². The quantitative estimate of drug-likeness (QED) is 0.834. The summed E-state index contributed by atoms with van der Waals surface area (Å²) < 4.78 is 0. The van der Waals surface area contributed by atoms with Crippen LogP contribution in [0.5, 0.6) is 0 Å². The Kier molecular flexibility index (Phi) is 4.90. The van der Waals surface area contributed by atoms with Gasteiger partial charge in [-0.3, -0.25) is 4.79 Å². The number of nitrogens with one attached hydrogen (secondary N) is 1. The van der Waals surface area contributed by atoms with Crippen molar-refractivity contribution in [1.82, 2.24) is 5.32 Å². The Balaban J connectivity index is 2.76. The first-order valence-electron chi connectivity index (χ1n) is 5.98. The lowest BCUT2D eigenvalue weighted by molar-refractivity contribution is -0.147. The molecule has 0 saturated carbocycles. The molecule has 0 aliphatic carbocycles. The van der Waals surface area contributed by atoms with E-state index in [1.807, 2.05) is 23.8 Å². The summed E-state index contributed by atoms with van der Waals surface area (Å²) in [5.41, 5.74) is -0.266. The van der Waals surface area contributed by atoms with E-state index >= 15 is 0 Å². The summed E-state index contributed by atoms with van der Waals surface area (Å²) in [4.78, 5) is 23.3. The first kappa shape index (κ1) is 14.7. The molecule has 2 N–H and O–H groups in total. The van der Waals surface area contributed by atoms with E-state index < -0.39 is 11.5 Å². The van der Waals surface area contributed by atoms with E-state index in [4.69, 9.17) is 0 Å². The number of carboxylic acid groups (broad SMARTS) is 1. The maximum absolute atomic E-state index is 12.1. The standard InChI is InChI=1S/C13H19NO3S/c1-4-6-13(3,12(16)17)14-11(15)9(2)10-5-7-18-8-10/h5,7-9H,4,6H2,1-3H3,(H,14,15)(H,16,17). The van der Waals surface area contributed by atoms with Crippen molar-refractivity contribution < 1.29 is 14.7 Å². The lowest BCUT2D eigenvalue weighted by Crippen LogP contribution is -2.53. The molecule has 0 aliphatic heterocycles. The average molecular weight is 269 g/mol. The second-order valence-electron chi connectivity index (χ2n) is 4.65. The molecule has 1 amide bonds. The minimum atomic E-state index is -1.18. The predicted octanol–water partition coefficient (Wildman–Crippen LogP) is 2.61. The van der Waals surface area contributed by atoms with E-state index in [0.717, 1.165) is 5.56 Å². The summed E-state index contributed by atoms with van der Waals surface area (Å²) in [7, 11) is 0. The number of hydrogen-bond acceptors (Lipinski definition) is 3. The Morgan fingerprint density at radius 3 is 2.67 bits per heavy atom. The number of carboxylic acids is 1. The van der Waals surface area contributed by atoms with Gasteiger partial charge in [0, 0.05) is 0 Å². The van der Waals surface area contributed by atoms with Gasteiger partial charge in [0.05, 0.1) is 5.92 Å². The predicted molar refractivity (Wildman–Crippen MR) is 71.8 cm³/mol. The van der Waals surface area contributed by atoms with Crippen LogP contribution in [-0.2, 0) is 9.59 Å². The van der Waals surface area contributed by atoms with Gasteiger partial charge in [0.15, 0.2) is 0 Å². The van der Waals surface area contributed by atoms with Crippen molar-refractivity contribution in [3.05, 3.63) is 22.4 Å². The third kappa shape index (κ3) is 3.32. The fourth-order valence-corrected chi connectivity index (χ4v) is 2.53. The molecule has 0 bridgehead atoms. The fraction of sp³-hybridized carbons (Fsp3) is 0.538. The number of amides is 1. The summed E-state index contributed by atoms with van der Waals surface area (Å²) in [6.07, 6.45) is 1.13. The van der Waals surface area contributed by atoms with Crippen molar-refractivity contribution in [2.24, 2.45) is 0 Å². The molecule has 1 heterocycles. The zero-order valence-electron chi connectivity index (χ0n) is 10.9. The Morgan fingerprint density at radius 2 is 2.22 bits per heavy atom. The molecule has 1 aromatic rings. The van der Waals surface area contributed by atoms with E-state index in [9.17, 15) is 14.7 Å². The lowest BCUT2D eigenvalue weighted by Gasteiger charge is -2.27. The van der Waals surface area contributed by atoms with E-state index in [2.05, 4.69) is 5.32 Å². The summed E-state index contributed by atoms with van der Waals surface area (Å²) in [5, 5.41) is 15.7. The van der Waals surface area contributed by atoms with Crippen molar-refractivity contribution >= 4 is 23.2 Å². The zero-order valence-corrected chi connectivity index (χ0v) is 11.7. The van der Waals surface area contributed by atoms with E-state index in [-0.39, 0.29) is 11.8 Å². The first-order valence-corrected chi connectivity index (χ1v) is 6.92. The Morgan fingerprint density at radius 1 is 1.56 bits per heavy atom. The van der Waals surface area contributed by atoms with Crippen LogP contribution >= 0.6 is 11.3 Å². The van der Waals surface area contributed by atoms with E-state index in [1.165, 1.54) is 11.3 Å². The molecule has 0 saturated heterocycles. The molecule has 2 unspecified atom stereocenters. The van der Waals surface area contributed by atoms with Crippen molar-refractivity contribution in [3.63, 3.8) is 0 Å². The topological polar surface area (TPSA) is 66.4 Å². The SMILES string of the molecule is CCCC(C)(NC(=O)C(C)c1ccsc1)C(=O)O.